The lowest BCUT2D eigenvalue weighted by atomic mass is 10.0. The van der Waals surface area contributed by atoms with Crippen LogP contribution in [0.15, 0.2) is 78.9 Å². The third-order valence-electron chi connectivity index (χ3n) is 5.90. The van der Waals surface area contributed by atoms with Crippen molar-refractivity contribution < 1.29 is 9.59 Å². The summed E-state index contributed by atoms with van der Waals surface area (Å²) in [6, 6.07) is 24.2. The maximum absolute atomic E-state index is 13.6. The Morgan fingerprint density at radius 2 is 1.50 bits per heavy atom. The van der Waals surface area contributed by atoms with E-state index in [4.69, 9.17) is 23.2 Å². The Balaban J connectivity index is 1.85. The number of thioether (sulfide) groups is 1. The smallest absolute Gasteiger partial charge is 0.243 e. The first kappa shape index (κ1) is 28.1. The van der Waals surface area contributed by atoms with Crippen molar-refractivity contribution in [3.8, 4) is 0 Å². The van der Waals surface area contributed by atoms with Crippen LogP contribution in [0.3, 0.4) is 0 Å². The second kappa shape index (κ2) is 14.3. The number of nitrogens with zero attached hydrogens (tertiary/aromatic N) is 1. The van der Waals surface area contributed by atoms with Gasteiger partial charge in [0, 0.05) is 34.8 Å². The molecule has 2 atom stereocenters. The standard InChI is InChI=1S/C29H32Cl2N2O2S/c1-3-21(2)32-29(35)27(17-22-9-5-4-6-10-22)33(18-23-11-7-13-25(30)15-23)28(34)20-36-19-24-12-8-14-26(31)16-24/h4-16,21,27H,3,17-20H2,1-2H3,(H,32,35)/t21-,27+/m0/s1. The van der Waals surface area contributed by atoms with E-state index in [0.717, 1.165) is 23.1 Å². The number of amides is 2. The number of hydrogen-bond acceptors (Lipinski definition) is 3. The molecule has 0 saturated carbocycles. The topological polar surface area (TPSA) is 49.4 Å². The third-order valence-corrected chi connectivity index (χ3v) is 7.36. The molecular weight excluding hydrogens is 511 g/mol. The number of nitrogens with one attached hydrogen (secondary N) is 1. The van der Waals surface area contributed by atoms with E-state index in [0.29, 0.717) is 28.8 Å². The zero-order chi connectivity index (χ0) is 25.9. The second-order valence-corrected chi connectivity index (χ2v) is 10.7. The monoisotopic (exact) mass is 542 g/mol. The number of halogens is 2. The lowest BCUT2D eigenvalue weighted by Crippen LogP contribution is -2.52. The van der Waals surface area contributed by atoms with E-state index in [1.165, 1.54) is 11.8 Å². The molecule has 1 N–H and O–H groups in total. The molecule has 3 aromatic carbocycles. The van der Waals surface area contributed by atoms with Crippen molar-refractivity contribution in [1.29, 1.82) is 0 Å². The molecule has 36 heavy (non-hydrogen) atoms. The summed E-state index contributed by atoms with van der Waals surface area (Å²) in [5, 5.41) is 4.36. The van der Waals surface area contributed by atoms with Crippen molar-refractivity contribution in [2.45, 2.75) is 51.1 Å². The summed E-state index contributed by atoms with van der Waals surface area (Å²) in [5.74, 6) is 0.653. The highest BCUT2D eigenvalue weighted by atomic mass is 35.5. The van der Waals surface area contributed by atoms with Crippen molar-refractivity contribution in [3.63, 3.8) is 0 Å². The van der Waals surface area contributed by atoms with Gasteiger partial charge in [0.2, 0.25) is 11.8 Å². The molecule has 0 heterocycles. The fourth-order valence-electron chi connectivity index (χ4n) is 3.79. The van der Waals surface area contributed by atoms with E-state index in [9.17, 15) is 9.59 Å². The van der Waals surface area contributed by atoms with Crippen molar-refractivity contribution >= 4 is 46.8 Å². The molecule has 0 unspecified atom stereocenters. The molecule has 7 heteroatoms. The van der Waals surface area contributed by atoms with Crippen LogP contribution in [0.2, 0.25) is 10.0 Å². The average Bonchev–Trinajstić information content (AvgIpc) is 2.86. The maximum Gasteiger partial charge on any atom is 0.243 e. The summed E-state index contributed by atoms with van der Waals surface area (Å²) >= 11 is 13.9. The van der Waals surface area contributed by atoms with Crippen LogP contribution in [0.1, 0.15) is 37.0 Å². The largest absolute Gasteiger partial charge is 0.352 e. The Bertz CT molecular complexity index is 1140. The molecule has 0 aromatic heterocycles. The Morgan fingerprint density at radius 3 is 2.14 bits per heavy atom. The van der Waals surface area contributed by atoms with Crippen LogP contribution in [0.5, 0.6) is 0 Å². The molecule has 0 bridgehead atoms. The highest BCUT2D eigenvalue weighted by Crippen LogP contribution is 2.21. The minimum Gasteiger partial charge on any atom is -0.352 e. The number of benzene rings is 3. The zero-order valence-electron chi connectivity index (χ0n) is 20.6. The zero-order valence-corrected chi connectivity index (χ0v) is 23.0. The molecule has 2 amide bonds. The normalized spacial score (nSPS) is 12.6. The van der Waals surface area contributed by atoms with E-state index in [-0.39, 0.29) is 23.6 Å². The van der Waals surface area contributed by atoms with Gasteiger partial charge in [0.05, 0.1) is 5.75 Å². The predicted molar refractivity (Wildman–Crippen MR) is 151 cm³/mol. The number of carbonyl (C=O) groups is 2. The molecule has 4 nitrogen and oxygen atoms in total. The van der Waals surface area contributed by atoms with Gasteiger partial charge >= 0.3 is 0 Å². The molecule has 0 aliphatic rings. The maximum atomic E-state index is 13.6. The minimum absolute atomic E-state index is 0.0103. The van der Waals surface area contributed by atoms with Crippen molar-refractivity contribution in [3.05, 3.63) is 106 Å². The van der Waals surface area contributed by atoms with Gasteiger partial charge in [0.25, 0.3) is 0 Å². The lowest BCUT2D eigenvalue weighted by molar-refractivity contribution is -0.139. The van der Waals surface area contributed by atoms with Crippen LogP contribution in [0.4, 0.5) is 0 Å². The Labute approximate surface area is 228 Å². The summed E-state index contributed by atoms with van der Waals surface area (Å²) in [5.41, 5.74) is 2.93. The minimum atomic E-state index is -0.653. The van der Waals surface area contributed by atoms with E-state index in [2.05, 4.69) is 5.32 Å². The fraction of sp³-hybridized carbons (Fsp3) is 0.310. The van der Waals surface area contributed by atoms with E-state index in [1.54, 1.807) is 11.0 Å². The number of hydrogen-bond donors (Lipinski definition) is 1. The number of carbonyl (C=O) groups excluding carboxylic acids is 2. The molecule has 190 valence electrons. The van der Waals surface area contributed by atoms with Crippen LogP contribution in [-0.2, 0) is 28.3 Å². The molecule has 0 fully saturated rings. The van der Waals surface area contributed by atoms with Gasteiger partial charge in [-0.15, -0.1) is 11.8 Å². The first-order valence-electron chi connectivity index (χ1n) is 12.1. The van der Waals surface area contributed by atoms with Gasteiger partial charge < -0.3 is 10.2 Å². The van der Waals surface area contributed by atoms with Crippen LogP contribution >= 0.6 is 35.0 Å². The molecule has 0 saturated heterocycles. The van der Waals surface area contributed by atoms with Crippen molar-refractivity contribution in [1.82, 2.24) is 10.2 Å². The summed E-state index contributed by atoms with van der Waals surface area (Å²) in [6.07, 6.45) is 1.23. The molecule has 0 radical (unpaired) electrons. The van der Waals surface area contributed by atoms with Gasteiger partial charge in [-0.05, 0) is 54.3 Å². The van der Waals surface area contributed by atoms with Gasteiger partial charge in [-0.3, -0.25) is 9.59 Å². The molecule has 3 rings (SSSR count). The van der Waals surface area contributed by atoms with Crippen molar-refractivity contribution in [2.24, 2.45) is 0 Å². The van der Waals surface area contributed by atoms with Gasteiger partial charge in [-0.25, -0.2) is 0 Å². The molecular formula is C29H32Cl2N2O2S. The fourth-order valence-corrected chi connectivity index (χ4v) is 5.08. The number of rotatable bonds is 12. The summed E-state index contributed by atoms with van der Waals surface area (Å²) < 4.78 is 0. The summed E-state index contributed by atoms with van der Waals surface area (Å²) in [4.78, 5) is 28.8. The molecule has 0 aliphatic carbocycles. The van der Waals surface area contributed by atoms with Crippen LogP contribution in [0, 0.1) is 0 Å². The SMILES string of the molecule is CC[C@H](C)NC(=O)[C@@H](Cc1ccccc1)N(Cc1cccc(Cl)c1)C(=O)CSCc1cccc(Cl)c1. The molecule has 0 spiro atoms. The van der Waals surface area contributed by atoms with Crippen LogP contribution in [0.25, 0.3) is 0 Å². The van der Waals surface area contributed by atoms with Gasteiger partial charge in [0.15, 0.2) is 0 Å². The highest BCUT2D eigenvalue weighted by molar-refractivity contribution is 7.99. The summed E-state index contributed by atoms with van der Waals surface area (Å²) in [7, 11) is 0. The van der Waals surface area contributed by atoms with E-state index >= 15 is 0 Å². The average molecular weight is 544 g/mol. The Kier molecular flexibility index (Phi) is 11.2. The van der Waals surface area contributed by atoms with Gasteiger partial charge in [0.1, 0.15) is 6.04 Å². The Hall–Kier alpha value is -2.47. The van der Waals surface area contributed by atoms with Crippen LogP contribution < -0.4 is 5.32 Å². The van der Waals surface area contributed by atoms with Gasteiger partial charge in [-0.1, -0.05) is 84.7 Å². The summed E-state index contributed by atoms with van der Waals surface area (Å²) in [6.45, 7) is 4.29. The third kappa shape index (κ3) is 8.88. The first-order valence-corrected chi connectivity index (χ1v) is 14.0. The van der Waals surface area contributed by atoms with Crippen LogP contribution in [-0.4, -0.2) is 34.6 Å². The Morgan fingerprint density at radius 1 is 0.889 bits per heavy atom. The van der Waals surface area contributed by atoms with E-state index in [1.807, 2.05) is 86.6 Å². The van der Waals surface area contributed by atoms with Gasteiger partial charge in [-0.2, -0.15) is 0 Å². The quantitative estimate of drug-likeness (QED) is 0.274. The van der Waals surface area contributed by atoms with Crippen molar-refractivity contribution in [2.75, 3.05) is 5.75 Å². The second-order valence-electron chi connectivity index (χ2n) is 8.80. The predicted octanol–water partition coefficient (Wildman–Crippen LogP) is 6.78. The molecule has 3 aromatic rings. The molecule has 0 aliphatic heterocycles. The van der Waals surface area contributed by atoms with E-state index < -0.39 is 6.04 Å². The lowest BCUT2D eigenvalue weighted by Gasteiger charge is -2.32. The first-order chi connectivity index (χ1) is 17.4. The highest BCUT2D eigenvalue weighted by Gasteiger charge is 2.30.